The van der Waals surface area contributed by atoms with Crippen LogP contribution in [0.15, 0.2) is 0 Å². The molecule has 0 aromatic rings. The van der Waals surface area contributed by atoms with E-state index in [0.717, 1.165) is 19.5 Å². The van der Waals surface area contributed by atoms with E-state index in [1.807, 2.05) is 6.92 Å². The number of carbonyl (C=O) groups excluding carboxylic acids is 2. The highest BCUT2D eigenvalue weighted by molar-refractivity contribution is 5.95. The molecule has 4 N–H and O–H groups in total. The zero-order chi connectivity index (χ0) is 13.8. The van der Waals surface area contributed by atoms with Gasteiger partial charge in [-0.25, -0.2) is 4.79 Å². The number of nitrogens with one attached hydrogen (secondary N) is 2. The van der Waals surface area contributed by atoms with Crippen LogP contribution < -0.4 is 16.4 Å². The van der Waals surface area contributed by atoms with Crippen LogP contribution in [0.25, 0.3) is 0 Å². The number of imide groups is 1. The van der Waals surface area contributed by atoms with Crippen LogP contribution in [0.3, 0.4) is 0 Å². The van der Waals surface area contributed by atoms with E-state index in [9.17, 15) is 9.59 Å². The van der Waals surface area contributed by atoms with Crippen LogP contribution in [0.4, 0.5) is 4.79 Å². The highest BCUT2D eigenvalue weighted by Gasteiger charge is 2.39. The van der Waals surface area contributed by atoms with E-state index < -0.39 is 6.03 Å². The van der Waals surface area contributed by atoms with Gasteiger partial charge in [0.2, 0.25) is 5.91 Å². The van der Waals surface area contributed by atoms with Crippen molar-refractivity contribution in [2.75, 3.05) is 26.2 Å². The summed E-state index contributed by atoms with van der Waals surface area (Å²) in [4.78, 5) is 25.1. The van der Waals surface area contributed by atoms with Crippen LogP contribution in [0.5, 0.6) is 0 Å². The Morgan fingerprint density at radius 1 is 1.30 bits per heavy atom. The van der Waals surface area contributed by atoms with Crippen molar-refractivity contribution >= 4 is 24.3 Å². The number of likely N-dealkylation sites (tertiary alicyclic amines) is 1. The molecule has 0 spiro atoms. The fourth-order valence-electron chi connectivity index (χ4n) is 3.31. The summed E-state index contributed by atoms with van der Waals surface area (Å²) in [7, 11) is 0. The maximum absolute atomic E-state index is 11.7. The van der Waals surface area contributed by atoms with Gasteiger partial charge in [0.15, 0.2) is 0 Å². The number of hydrogen-bond acceptors (Lipinski definition) is 4. The number of halogens is 1. The molecular weight excluding hydrogens is 280 g/mol. The van der Waals surface area contributed by atoms with Gasteiger partial charge in [0.25, 0.3) is 0 Å². The third kappa shape index (κ3) is 4.33. The van der Waals surface area contributed by atoms with Crippen LogP contribution >= 0.6 is 12.4 Å². The number of nitrogens with zero attached hydrogens (tertiary/aromatic N) is 1. The minimum Gasteiger partial charge on any atom is -0.338 e. The fourth-order valence-corrected chi connectivity index (χ4v) is 3.31. The van der Waals surface area contributed by atoms with Crippen molar-refractivity contribution in [3.05, 3.63) is 0 Å². The van der Waals surface area contributed by atoms with Gasteiger partial charge in [0.05, 0.1) is 6.54 Å². The Morgan fingerprint density at radius 2 is 2.05 bits per heavy atom. The normalized spacial score (nSPS) is 29.2. The van der Waals surface area contributed by atoms with Gasteiger partial charge < -0.3 is 11.1 Å². The molecule has 6 nitrogen and oxygen atoms in total. The van der Waals surface area contributed by atoms with E-state index in [-0.39, 0.29) is 30.9 Å². The summed E-state index contributed by atoms with van der Waals surface area (Å²) in [6.45, 7) is 4.44. The lowest BCUT2D eigenvalue weighted by Crippen LogP contribution is -2.44. The lowest BCUT2D eigenvalue weighted by Gasteiger charge is -2.29. The number of amides is 3. The standard InChI is InChI=1S/C13H24N4O2.ClH/c1-2-15-13(19)16-12(18)8-17-6-9-4-3-5-11(14)10(9)7-17;/h9-11H,2-8,14H2,1H3,(H2,15,16,18,19);1H. The Labute approximate surface area is 126 Å². The summed E-state index contributed by atoms with van der Waals surface area (Å²) in [5, 5.41) is 4.89. The summed E-state index contributed by atoms with van der Waals surface area (Å²) in [5.74, 6) is 0.908. The molecule has 3 unspecified atom stereocenters. The molecule has 1 aliphatic heterocycles. The highest BCUT2D eigenvalue weighted by Crippen LogP contribution is 2.35. The molecule has 2 fully saturated rings. The molecule has 0 aromatic heterocycles. The van der Waals surface area contributed by atoms with Crippen molar-refractivity contribution < 1.29 is 9.59 Å². The third-order valence-corrected chi connectivity index (χ3v) is 4.19. The van der Waals surface area contributed by atoms with Crippen molar-refractivity contribution in [1.29, 1.82) is 0 Å². The molecule has 1 heterocycles. The topological polar surface area (TPSA) is 87.5 Å². The predicted octanol–water partition coefficient (Wildman–Crippen LogP) is 0.313. The van der Waals surface area contributed by atoms with E-state index in [0.29, 0.717) is 18.4 Å². The number of urea groups is 1. The van der Waals surface area contributed by atoms with Crippen molar-refractivity contribution in [2.45, 2.75) is 32.2 Å². The van der Waals surface area contributed by atoms with Gasteiger partial charge in [-0.1, -0.05) is 6.42 Å². The van der Waals surface area contributed by atoms with Gasteiger partial charge in [-0.05, 0) is 31.6 Å². The van der Waals surface area contributed by atoms with Crippen molar-refractivity contribution in [3.63, 3.8) is 0 Å². The van der Waals surface area contributed by atoms with Gasteiger partial charge in [-0.2, -0.15) is 0 Å². The molecule has 0 radical (unpaired) electrons. The molecule has 20 heavy (non-hydrogen) atoms. The number of hydrogen-bond donors (Lipinski definition) is 3. The Hall–Kier alpha value is -0.850. The smallest absolute Gasteiger partial charge is 0.321 e. The fraction of sp³-hybridized carbons (Fsp3) is 0.846. The van der Waals surface area contributed by atoms with Gasteiger partial charge in [0, 0.05) is 25.7 Å². The Morgan fingerprint density at radius 3 is 2.70 bits per heavy atom. The highest BCUT2D eigenvalue weighted by atomic mass is 35.5. The van der Waals surface area contributed by atoms with Gasteiger partial charge in [0.1, 0.15) is 0 Å². The van der Waals surface area contributed by atoms with E-state index in [4.69, 9.17) is 5.73 Å². The second kappa shape index (κ2) is 7.81. The second-order valence-corrected chi connectivity index (χ2v) is 5.62. The summed E-state index contributed by atoms with van der Waals surface area (Å²) >= 11 is 0. The second-order valence-electron chi connectivity index (χ2n) is 5.62. The summed E-state index contributed by atoms with van der Waals surface area (Å²) in [6, 6.07) is -0.143. The van der Waals surface area contributed by atoms with Gasteiger partial charge in [-0.15, -0.1) is 12.4 Å². The van der Waals surface area contributed by atoms with Crippen LogP contribution in [-0.2, 0) is 4.79 Å². The molecule has 7 heteroatoms. The van der Waals surface area contributed by atoms with Crippen molar-refractivity contribution in [1.82, 2.24) is 15.5 Å². The zero-order valence-electron chi connectivity index (χ0n) is 11.9. The van der Waals surface area contributed by atoms with E-state index in [1.54, 1.807) is 0 Å². The average molecular weight is 305 g/mol. The van der Waals surface area contributed by atoms with Crippen LogP contribution in [0.1, 0.15) is 26.2 Å². The summed E-state index contributed by atoms with van der Waals surface area (Å²) in [6.07, 6.45) is 3.51. The minimum atomic E-state index is -0.416. The van der Waals surface area contributed by atoms with Crippen LogP contribution in [0.2, 0.25) is 0 Å². The summed E-state index contributed by atoms with van der Waals surface area (Å²) < 4.78 is 0. The number of fused-ring (bicyclic) bond motifs is 1. The maximum Gasteiger partial charge on any atom is 0.321 e. The van der Waals surface area contributed by atoms with Crippen LogP contribution in [0, 0.1) is 11.8 Å². The molecule has 1 aliphatic carbocycles. The quantitative estimate of drug-likeness (QED) is 0.700. The van der Waals surface area contributed by atoms with E-state index in [1.165, 1.54) is 12.8 Å². The van der Waals surface area contributed by atoms with Crippen molar-refractivity contribution in [2.24, 2.45) is 17.6 Å². The molecule has 3 atom stereocenters. The number of nitrogens with two attached hydrogens (primary N) is 1. The predicted molar refractivity (Wildman–Crippen MR) is 79.7 cm³/mol. The first-order valence-corrected chi connectivity index (χ1v) is 7.15. The maximum atomic E-state index is 11.7. The van der Waals surface area contributed by atoms with Gasteiger partial charge >= 0.3 is 6.03 Å². The molecule has 0 aromatic carbocycles. The average Bonchev–Trinajstić information content (AvgIpc) is 2.72. The molecule has 116 valence electrons. The summed E-state index contributed by atoms with van der Waals surface area (Å²) in [5.41, 5.74) is 6.14. The molecule has 2 aliphatic rings. The molecular formula is C13H25ClN4O2. The third-order valence-electron chi connectivity index (χ3n) is 4.19. The zero-order valence-corrected chi connectivity index (χ0v) is 12.7. The minimum absolute atomic E-state index is 0. The first-order chi connectivity index (χ1) is 9.10. The Balaban J connectivity index is 0.00000200. The lowest BCUT2D eigenvalue weighted by molar-refractivity contribution is -0.121. The first kappa shape index (κ1) is 17.2. The SMILES string of the molecule is CCNC(=O)NC(=O)CN1CC2CCCC(N)C2C1.Cl. The van der Waals surface area contributed by atoms with E-state index >= 15 is 0 Å². The van der Waals surface area contributed by atoms with Crippen LogP contribution in [-0.4, -0.2) is 49.1 Å². The number of rotatable bonds is 3. The monoisotopic (exact) mass is 304 g/mol. The Bertz CT molecular complexity index is 353. The van der Waals surface area contributed by atoms with Gasteiger partial charge in [-0.3, -0.25) is 15.0 Å². The largest absolute Gasteiger partial charge is 0.338 e. The molecule has 0 bridgehead atoms. The molecule has 1 saturated carbocycles. The van der Waals surface area contributed by atoms with Crippen molar-refractivity contribution in [3.8, 4) is 0 Å². The first-order valence-electron chi connectivity index (χ1n) is 7.15. The van der Waals surface area contributed by atoms with E-state index in [2.05, 4.69) is 15.5 Å². The molecule has 2 rings (SSSR count). The Kier molecular flexibility index (Phi) is 6.71. The molecule has 1 saturated heterocycles. The number of carbonyl (C=O) groups is 2. The lowest BCUT2D eigenvalue weighted by atomic mass is 9.78. The molecule has 3 amide bonds.